The lowest BCUT2D eigenvalue weighted by molar-refractivity contribution is -0.149. The van der Waals surface area contributed by atoms with E-state index in [2.05, 4.69) is 10.1 Å². The van der Waals surface area contributed by atoms with Crippen molar-refractivity contribution in [3.05, 3.63) is 59.2 Å². The van der Waals surface area contributed by atoms with E-state index in [-0.39, 0.29) is 24.0 Å². The number of hydrogen-bond acceptors (Lipinski definition) is 7. The van der Waals surface area contributed by atoms with Crippen LogP contribution in [0.25, 0.3) is 11.4 Å². The normalized spacial score (nSPS) is 11.8. The van der Waals surface area contributed by atoms with Gasteiger partial charge in [-0.25, -0.2) is 4.39 Å². The number of carbonyl (C=O) groups excluding carboxylic acids is 1. The molecule has 0 radical (unpaired) electrons. The topological polar surface area (TPSA) is 83.7 Å². The summed E-state index contributed by atoms with van der Waals surface area (Å²) < 4.78 is 34.7. The molecule has 0 N–H and O–H groups in total. The maximum Gasteiger partial charge on any atom is 0.311 e. The highest BCUT2D eigenvalue weighted by atomic mass is 19.1. The van der Waals surface area contributed by atoms with Crippen LogP contribution in [0.2, 0.25) is 0 Å². The average Bonchev–Trinajstić information content (AvgIpc) is 3.20. The van der Waals surface area contributed by atoms with Gasteiger partial charge in [0.05, 0.1) is 20.6 Å². The molecule has 2 aromatic carbocycles. The van der Waals surface area contributed by atoms with Crippen LogP contribution in [0.15, 0.2) is 40.9 Å². The molecule has 0 amide bonds. The van der Waals surface area contributed by atoms with Crippen molar-refractivity contribution in [1.29, 1.82) is 0 Å². The smallest absolute Gasteiger partial charge is 0.311 e. The van der Waals surface area contributed by atoms with Crippen LogP contribution < -0.4 is 9.47 Å². The number of aromatic nitrogens is 2. The van der Waals surface area contributed by atoms with Gasteiger partial charge < -0.3 is 18.7 Å². The van der Waals surface area contributed by atoms with E-state index >= 15 is 0 Å². The predicted octanol–water partition coefficient (Wildman–Crippen LogP) is 4.05. The molecular formula is C21H21FN2O5. The summed E-state index contributed by atoms with van der Waals surface area (Å²) in [6.07, 6.45) is -0.759. The zero-order valence-electron chi connectivity index (χ0n) is 16.6. The minimum atomic E-state index is -0.761. The van der Waals surface area contributed by atoms with Gasteiger partial charge in [-0.05, 0) is 31.5 Å². The minimum absolute atomic E-state index is 0.00166. The largest absolute Gasteiger partial charge is 0.497 e. The average molecular weight is 400 g/mol. The summed E-state index contributed by atoms with van der Waals surface area (Å²) in [7, 11) is 3.06. The summed E-state index contributed by atoms with van der Waals surface area (Å²) in [6, 6.07) is 9.82. The molecule has 1 atom stereocenters. The van der Waals surface area contributed by atoms with Crippen LogP contribution in [0.1, 0.15) is 30.0 Å². The molecule has 3 aromatic rings. The van der Waals surface area contributed by atoms with E-state index in [4.69, 9.17) is 18.7 Å². The van der Waals surface area contributed by atoms with Gasteiger partial charge in [0.25, 0.3) is 5.89 Å². The van der Waals surface area contributed by atoms with Gasteiger partial charge in [-0.3, -0.25) is 4.79 Å². The second-order valence-electron chi connectivity index (χ2n) is 6.41. The fourth-order valence-electron chi connectivity index (χ4n) is 2.69. The minimum Gasteiger partial charge on any atom is -0.497 e. The van der Waals surface area contributed by atoms with Crippen LogP contribution >= 0.6 is 0 Å². The maximum absolute atomic E-state index is 13.7. The van der Waals surface area contributed by atoms with Crippen molar-refractivity contribution < 1.29 is 27.9 Å². The molecule has 1 unspecified atom stereocenters. The fraction of sp³-hybridized carbons (Fsp3) is 0.286. The van der Waals surface area contributed by atoms with Gasteiger partial charge in [-0.2, -0.15) is 4.98 Å². The van der Waals surface area contributed by atoms with Crippen molar-refractivity contribution in [2.24, 2.45) is 0 Å². The van der Waals surface area contributed by atoms with E-state index in [1.54, 1.807) is 51.3 Å². The first-order valence-corrected chi connectivity index (χ1v) is 8.91. The molecule has 0 spiro atoms. The zero-order chi connectivity index (χ0) is 21.0. The third kappa shape index (κ3) is 4.71. The van der Waals surface area contributed by atoms with Crippen LogP contribution in [-0.4, -0.2) is 30.3 Å². The van der Waals surface area contributed by atoms with Gasteiger partial charge in [-0.1, -0.05) is 23.4 Å². The molecule has 0 fully saturated rings. The number of methoxy groups -OCH3 is 2. The molecule has 3 rings (SSSR count). The number of rotatable bonds is 7. The number of halogens is 1. The Morgan fingerprint density at radius 1 is 1.17 bits per heavy atom. The Kier molecular flexibility index (Phi) is 6.11. The van der Waals surface area contributed by atoms with E-state index in [0.717, 1.165) is 0 Å². The van der Waals surface area contributed by atoms with Crippen LogP contribution in [0.4, 0.5) is 4.39 Å². The molecule has 0 bridgehead atoms. The number of ether oxygens (including phenoxy) is 3. The molecule has 7 nitrogen and oxygen atoms in total. The molecule has 152 valence electrons. The molecule has 8 heteroatoms. The van der Waals surface area contributed by atoms with E-state index in [1.165, 1.54) is 13.2 Å². The Hall–Kier alpha value is -3.42. The summed E-state index contributed by atoms with van der Waals surface area (Å²) in [4.78, 5) is 16.5. The first-order valence-electron chi connectivity index (χ1n) is 8.91. The molecule has 1 heterocycles. The second kappa shape index (κ2) is 8.72. The van der Waals surface area contributed by atoms with Gasteiger partial charge >= 0.3 is 5.97 Å². The SMILES string of the molecule is COc1ccc(CC(=O)OC(C)c2nc(-c3ccc(C)c(F)c3)no2)c(OC)c1. The molecular weight excluding hydrogens is 379 g/mol. The zero-order valence-corrected chi connectivity index (χ0v) is 16.6. The summed E-state index contributed by atoms with van der Waals surface area (Å²) in [5.74, 6) is 0.646. The highest BCUT2D eigenvalue weighted by Crippen LogP contribution is 2.26. The number of esters is 1. The van der Waals surface area contributed by atoms with Gasteiger partial charge in [0.1, 0.15) is 17.3 Å². The molecule has 0 aliphatic heterocycles. The van der Waals surface area contributed by atoms with Crippen molar-refractivity contribution in [3.63, 3.8) is 0 Å². The van der Waals surface area contributed by atoms with E-state index < -0.39 is 12.1 Å². The quantitative estimate of drug-likeness (QED) is 0.553. The third-order valence-electron chi connectivity index (χ3n) is 4.36. The summed E-state index contributed by atoms with van der Waals surface area (Å²) in [5.41, 5.74) is 1.66. The third-order valence-corrected chi connectivity index (χ3v) is 4.36. The number of aryl methyl sites for hydroxylation is 1. The molecule has 0 saturated carbocycles. The molecule has 29 heavy (non-hydrogen) atoms. The number of benzene rings is 2. The maximum atomic E-state index is 13.7. The Morgan fingerprint density at radius 3 is 2.66 bits per heavy atom. The van der Waals surface area contributed by atoms with Crippen LogP contribution in [-0.2, 0) is 16.0 Å². The van der Waals surface area contributed by atoms with Crippen molar-refractivity contribution >= 4 is 5.97 Å². The highest BCUT2D eigenvalue weighted by Gasteiger charge is 2.21. The fourth-order valence-corrected chi connectivity index (χ4v) is 2.69. The van der Waals surface area contributed by atoms with Crippen molar-refractivity contribution in [2.45, 2.75) is 26.4 Å². The number of carbonyl (C=O) groups is 1. The molecule has 0 aliphatic rings. The lowest BCUT2D eigenvalue weighted by Gasteiger charge is -2.12. The monoisotopic (exact) mass is 400 g/mol. The van der Waals surface area contributed by atoms with Gasteiger partial charge in [0.2, 0.25) is 5.82 Å². The highest BCUT2D eigenvalue weighted by molar-refractivity contribution is 5.74. The predicted molar refractivity (Wildman–Crippen MR) is 102 cm³/mol. The van der Waals surface area contributed by atoms with Gasteiger partial charge in [0, 0.05) is 17.2 Å². The summed E-state index contributed by atoms with van der Waals surface area (Å²) in [6.45, 7) is 3.29. The standard InChI is InChI=1S/C21H21FN2O5/c1-12-5-6-15(9-17(12)22)20-23-21(29-24-20)13(2)28-19(25)10-14-7-8-16(26-3)11-18(14)27-4/h5-9,11,13H,10H2,1-4H3. The number of hydrogen-bond donors (Lipinski definition) is 0. The summed E-state index contributed by atoms with van der Waals surface area (Å²) >= 11 is 0. The van der Waals surface area contributed by atoms with Crippen LogP contribution in [0, 0.1) is 12.7 Å². The summed E-state index contributed by atoms with van der Waals surface area (Å²) in [5, 5.41) is 3.84. The van der Waals surface area contributed by atoms with Crippen LogP contribution in [0.5, 0.6) is 11.5 Å². The van der Waals surface area contributed by atoms with E-state index in [1.807, 2.05) is 0 Å². The van der Waals surface area contributed by atoms with Crippen molar-refractivity contribution in [3.8, 4) is 22.9 Å². The molecule has 1 aromatic heterocycles. The molecule has 0 saturated heterocycles. The second-order valence-corrected chi connectivity index (χ2v) is 6.41. The Bertz CT molecular complexity index is 1020. The Balaban J connectivity index is 1.67. The Labute approximate surface area is 167 Å². The molecule has 0 aliphatic carbocycles. The van der Waals surface area contributed by atoms with Crippen molar-refractivity contribution in [2.75, 3.05) is 14.2 Å². The lowest BCUT2D eigenvalue weighted by atomic mass is 10.1. The first-order chi connectivity index (χ1) is 13.9. The van der Waals surface area contributed by atoms with Crippen LogP contribution in [0.3, 0.4) is 0 Å². The lowest BCUT2D eigenvalue weighted by Crippen LogP contribution is -2.12. The Morgan fingerprint density at radius 2 is 1.97 bits per heavy atom. The van der Waals surface area contributed by atoms with Gasteiger partial charge in [-0.15, -0.1) is 0 Å². The van der Waals surface area contributed by atoms with Crippen molar-refractivity contribution in [1.82, 2.24) is 10.1 Å². The van der Waals surface area contributed by atoms with Gasteiger partial charge in [0.15, 0.2) is 6.10 Å². The van der Waals surface area contributed by atoms with E-state index in [0.29, 0.717) is 28.2 Å². The first kappa shape index (κ1) is 20.3. The number of nitrogens with zero attached hydrogens (tertiary/aromatic N) is 2. The van der Waals surface area contributed by atoms with E-state index in [9.17, 15) is 9.18 Å².